The number of nitrogens with zero attached hydrogens (tertiary/aromatic N) is 2. The van der Waals surface area contributed by atoms with Gasteiger partial charge in [-0.1, -0.05) is 32.9 Å². The predicted molar refractivity (Wildman–Crippen MR) is 118 cm³/mol. The highest BCUT2D eigenvalue weighted by atomic mass is 32.2. The first-order valence-corrected chi connectivity index (χ1v) is 11.4. The SMILES string of the molecule is CC(C)(C)Cn1cc(CN[S+]([O-])C2CC2)c2ccc(-c3ncccc3C(F)F)cc21. The fourth-order valence-electron chi connectivity index (χ4n) is 3.68. The van der Waals surface area contributed by atoms with Gasteiger partial charge in [-0.15, -0.1) is 4.72 Å². The van der Waals surface area contributed by atoms with E-state index in [2.05, 4.69) is 41.2 Å². The number of aromatic nitrogens is 2. The highest BCUT2D eigenvalue weighted by molar-refractivity contribution is 7.90. The molecule has 1 atom stereocenters. The van der Waals surface area contributed by atoms with Crippen LogP contribution in [0.15, 0.2) is 42.7 Å². The van der Waals surface area contributed by atoms with Gasteiger partial charge in [0.25, 0.3) is 6.43 Å². The van der Waals surface area contributed by atoms with Crippen molar-refractivity contribution < 1.29 is 13.3 Å². The number of halogens is 2. The first kappa shape index (κ1) is 21.3. The van der Waals surface area contributed by atoms with Crippen LogP contribution in [0.4, 0.5) is 8.78 Å². The molecule has 1 aliphatic carbocycles. The maximum atomic E-state index is 13.5. The summed E-state index contributed by atoms with van der Waals surface area (Å²) in [5.41, 5.74) is 3.00. The lowest BCUT2D eigenvalue weighted by Crippen LogP contribution is -2.26. The maximum Gasteiger partial charge on any atom is 0.265 e. The van der Waals surface area contributed by atoms with Crippen LogP contribution in [0.25, 0.3) is 22.2 Å². The van der Waals surface area contributed by atoms with Gasteiger partial charge in [0.05, 0.1) is 12.2 Å². The summed E-state index contributed by atoms with van der Waals surface area (Å²) >= 11 is -1.01. The zero-order valence-corrected chi connectivity index (χ0v) is 18.3. The Kier molecular flexibility index (Phi) is 5.88. The molecule has 0 bridgehead atoms. The Balaban J connectivity index is 1.74. The van der Waals surface area contributed by atoms with Gasteiger partial charge >= 0.3 is 0 Å². The molecule has 0 radical (unpaired) electrons. The van der Waals surface area contributed by atoms with Crippen LogP contribution in [0.2, 0.25) is 0 Å². The minimum atomic E-state index is -2.58. The lowest BCUT2D eigenvalue weighted by atomic mass is 9.97. The van der Waals surface area contributed by atoms with Gasteiger partial charge in [0.15, 0.2) is 0 Å². The quantitative estimate of drug-likeness (QED) is 0.495. The molecule has 1 aromatic carbocycles. The molecule has 1 aliphatic rings. The van der Waals surface area contributed by atoms with Crippen LogP contribution in [0.5, 0.6) is 0 Å². The molecule has 0 amide bonds. The molecule has 30 heavy (non-hydrogen) atoms. The van der Waals surface area contributed by atoms with Crippen LogP contribution in [0, 0.1) is 5.41 Å². The monoisotopic (exact) mass is 431 g/mol. The summed E-state index contributed by atoms with van der Waals surface area (Å²) in [6, 6.07) is 8.71. The Morgan fingerprint density at radius 1 is 1.27 bits per heavy atom. The number of alkyl halides is 2. The molecule has 3 aromatic rings. The second-order valence-corrected chi connectivity index (χ2v) is 10.7. The van der Waals surface area contributed by atoms with Gasteiger partial charge in [-0.3, -0.25) is 4.98 Å². The number of fused-ring (bicyclic) bond motifs is 1. The standard InChI is InChI=1S/C23H27F2N3OS/c1-23(2,3)14-28-13-16(12-27-30(29)17-7-8-17)18-9-6-15(11-20(18)28)21-19(22(24)25)5-4-10-26-21/h4-6,9-11,13,17,22,27H,7-8,12,14H2,1-3H3. The van der Waals surface area contributed by atoms with Gasteiger partial charge < -0.3 is 9.12 Å². The summed E-state index contributed by atoms with van der Waals surface area (Å²) in [6.45, 7) is 7.79. The number of hydrogen-bond acceptors (Lipinski definition) is 3. The van der Waals surface area contributed by atoms with Crippen molar-refractivity contribution in [1.29, 1.82) is 0 Å². The average molecular weight is 432 g/mol. The van der Waals surface area contributed by atoms with Gasteiger partial charge in [0.2, 0.25) is 0 Å². The third-order valence-corrected chi connectivity index (χ3v) is 6.69. The second kappa shape index (κ2) is 8.29. The molecule has 4 nitrogen and oxygen atoms in total. The highest BCUT2D eigenvalue weighted by Crippen LogP contribution is 2.34. The van der Waals surface area contributed by atoms with E-state index in [4.69, 9.17) is 0 Å². The van der Waals surface area contributed by atoms with Crippen LogP contribution >= 0.6 is 0 Å². The molecule has 7 heteroatoms. The molecule has 0 aliphatic heterocycles. The molecule has 1 saturated carbocycles. The smallest absolute Gasteiger partial charge is 0.265 e. The van der Waals surface area contributed by atoms with Gasteiger partial charge in [-0.05, 0) is 29.2 Å². The van der Waals surface area contributed by atoms with E-state index >= 15 is 0 Å². The summed E-state index contributed by atoms with van der Waals surface area (Å²) in [5, 5.41) is 1.31. The number of nitrogens with one attached hydrogen (secondary N) is 1. The Bertz CT molecular complexity index is 1040. The van der Waals surface area contributed by atoms with Crippen LogP contribution in [-0.2, 0) is 24.5 Å². The van der Waals surface area contributed by atoms with Crippen LogP contribution < -0.4 is 4.72 Å². The molecule has 1 fully saturated rings. The van der Waals surface area contributed by atoms with E-state index in [-0.39, 0.29) is 16.2 Å². The zero-order valence-electron chi connectivity index (χ0n) is 17.5. The summed E-state index contributed by atoms with van der Waals surface area (Å²) in [4.78, 5) is 4.23. The molecule has 160 valence electrons. The topological polar surface area (TPSA) is 52.9 Å². The Morgan fingerprint density at radius 2 is 2.03 bits per heavy atom. The van der Waals surface area contributed by atoms with Crippen molar-refractivity contribution >= 4 is 22.3 Å². The van der Waals surface area contributed by atoms with E-state index in [0.29, 0.717) is 17.8 Å². The molecule has 0 spiro atoms. The Morgan fingerprint density at radius 3 is 2.70 bits per heavy atom. The number of benzene rings is 1. The van der Waals surface area contributed by atoms with Crippen molar-refractivity contribution in [2.24, 2.45) is 5.41 Å². The van der Waals surface area contributed by atoms with E-state index in [1.54, 1.807) is 6.20 Å². The lowest BCUT2D eigenvalue weighted by molar-refractivity contribution is 0.151. The van der Waals surface area contributed by atoms with Crippen molar-refractivity contribution in [2.75, 3.05) is 0 Å². The van der Waals surface area contributed by atoms with Crippen molar-refractivity contribution in [3.05, 3.63) is 53.9 Å². The molecular weight excluding hydrogens is 404 g/mol. The first-order chi connectivity index (χ1) is 14.2. The summed E-state index contributed by atoms with van der Waals surface area (Å²) in [6.07, 6.45) is 3.09. The summed E-state index contributed by atoms with van der Waals surface area (Å²) in [7, 11) is 0. The number of rotatable bonds is 7. The average Bonchev–Trinajstić information content (AvgIpc) is 3.49. The zero-order chi connectivity index (χ0) is 21.5. The molecule has 4 rings (SSSR count). The number of hydrogen-bond donors (Lipinski definition) is 1. The van der Waals surface area contributed by atoms with E-state index in [1.807, 2.05) is 18.2 Å². The normalized spacial score (nSPS) is 15.8. The predicted octanol–water partition coefficient (Wildman–Crippen LogP) is 5.60. The molecular formula is C23H27F2N3OS. The van der Waals surface area contributed by atoms with Gasteiger partial charge in [-0.25, -0.2) is 8.78 Å². The Hall–Kier alpha value is -1.96. The van der Waals surface area contributed by atoms with E-state index < -0.39 is 17.8 Å². The van der Waals surface area contributed by atoms with Crippen molar-refractivity contribution in [3.8, 4) is 11.3 Å². The molecule has 2 aromatic heterocycles. The first-order valence-electron chi connectivity index (χ1n) is 10.2. The van der Waals surface area contributed by atoms with Crippen molar-refractivity contribution in [2.45, 2.75) is 58.4 Å². The van der Waals surface area contributed by atoms with Crippen molar-refractivity contribution in [3.63, 3.8) is 0 Å². The number of pyridine rings is 1. The second-order valence-electron chi connectivity index (χ2n) is 9.13. The highest BCUT2D eigenvalue weighted by Gasteiger charge is 2.34. The van der Waals surface area contributed by atoms with Crippen molar-refractivity contribution in [1.82, 2.24) is 14.3 Å². The van der Waals surface area contributed by atoms with E-state index in [9.17, 15) is 13.3 Å². The fourth-order valence-corrected chi connectivity index (χ4v) is 4.78. The Labute approximate surface area is 179 Å². The van der Waals surface area contributed by atoms with E-state index in [0.717, 1.165) is 35.9 Å². The van der Waals surface area contributed by atoms with Gasteiger partial charge in [0.1, 0.15) is 5.25 Å². The summed E-state index contributed by atoms with van der Waals surface area (Å²) < 4.78 is 44.5. The van der Waals surface area contributed by atoms with Crippen LogP contribution in [0.3, 0.4) is 0 Å². The minimum Gasteiger partial charge on any atom is -0.598 e. The van der Waals surface area contributed by atoms with E-state index in [1.165, 1.54) is 12.1 Å². The van der Waals surface area contributed by atoms with Gasteiger partial charge in [-0.2, -0.15) is 0 Å². The maximum absolute atomic E-state index is 13.5. The van der Waals surface area contributed by atoms with Crippen LogP contribution in [0.1, 0.15) is 51.2 Å². The third-order valence-electron chi connectivity index (χ3n) is 5.19. The lowest BCUT2D eigenvalue weighted by Gasteiger charge is -2.20. The summed E-state index contributed by atoms with van der Waals surface area (Å²) in [5.74, 6) is 0. The van der Waals surface area contributed by atoms with Crippen LogP contribution in [-0.4, -0.2) is 19.4 Å². The van der Waals surface area contributed by atoms with Gasteiger partial charge in [0, 0.05) is 65.2 Å². The molecule has 1 unspecified atom stereocenters. The molecule has 1 N–H and O–H groups in total. The third kappa shape index (κ3) is 4.68. The largest absolute Gasteiger partial charge is 0.598 e. The fraction of sp³-hybridized carbons (Fsp3) is 0.435. The minimum absolute atomic E-state index is 0.0443. The molecule has 2 heterocycles. The molecule has 0 saturated heterocycles.